The highest BCUT2D eigenvalue weighted by molar-refractivity contribution is 5.84. The van der Waals surface area contributed by atoms with E-state index in [0.29, 0.717) is 12.6 Å². The molecule has 0 bridgehead atoms. The number of nitrogens with two attached hydrogens (primary N) is 1. The van der Waals surface area contributed by atoms with Gasteiger partial charge in [0.15, 0.2) is 0 Å². The van der Waals surface area contributed by atoms with Gasteiger partial charge in [-0.2, -0.15) is 0 Å². The standard InChI is InChI=1S/C13H27N3O2/c1-5-7-15-13(3,12(14)17)9-16(4)11-6-8-18-10(11)2/h10-11,15H,5-9H2,1-4H3,(H2,14,17). The number of likely N-dealkylation sites (N-methyl/N-ethyl adjacent to an activating group) is 1. The van der Waals surface area contributed by atoms with Crippen LogP contribution in [0.4, 0.5) is 0 Å². The molecule has 5 heteroatoms. The molecule has 1 heterocycles. The van der Waals surface area contributed by atoms with Crippen LogP contribution in [0.2, 0.25) is 0 Å². The van der Waals surface area contributed by atoms with Gasteiger partial charge < -0.3 is 15.8 Å². The number of rotatable bonds is 7. The van der Waals surface area contributed by atoms with Crippen LogP contribution in [0.15, 0.2) is 0 Å². The molecule has 0 aromatic heterocycles. The van der Waals surface area contributed by atoms with Gasteiger partial charge in [0.05, 0.1) is 6.10 Å². The summed E-state index contributed by atoms with van der Waals surface area (Å²) < 4.78 is 5.56. The Balaban J connectivity index is 2.62. The van der Waals surface area contributed by atoms with E-state index in [1.807, 2.05) is 14.0 Å². The van der Waals surface area contributed by atoms with Crippen molar-refractivity contribution in [3.8, 4) is 0 Å². The second kappa shape index (κ2) is 6.50. The van der Waals surface area contributed by atoms with Gasteiger partial charge in [0.1, 0.15) is 5.54 Å². The number of nitrogens with zero attached hydrogens (tertiary/aromatic N) is 1. The molecule has 1 fully saturated rings. The maximum atomic E-state index is 11.7. The van der Waals surface area contributed by atoms with Crippen LogP contribution in [0.5, 0.6) is 0 Å². The summed E-state index contributed by atoms with van der Waals surface area (Å²) in [5, 5.41) is 3.26. The molecule has 0 radical (unpaired) electrons. The fraction of sp³-hybridized carbons (Fsp3) is 0.923. The Morgan fingerprint density at radius 3 is 2.72 bits per heavy atom. The number of carbonyl (C=O) groups is 1. The zero-order valence-electron chi connectivity index (χ0n) is 12.0. The summed E-state index contributed by atoms with van der Waals surface area (Å²) in [6.45, 7) is 8.23. The van der Waals surface area contributed by atoms with Crippen LogP contribution in [0.25, 0.3) is 0 Å². The molecule has 0 saturated carbocycles. The molecule has 0 aromatic rings. The fourth-order valence-electron chi connectivity index (χ4n) is 2.54. The summed E-state index contributed by atoms with van der Waals surface area (Å²) in [6, 6.07) is 0.368. The predicted molar refractivity (Wildman–Crippen MR) is 72.3 cm³/mol. The van der Waals surface area contributed by atoms with E-state index in [0.717, 1.165) is 26.0 Å². The molecule has 1 saturated heterocycles. The predicted octanol–water partition coefficient (Wildman–Crippen LogP) is 0.339. The third-order valence-corrected chi connectivity index (χ3v) is 3.78. The second-order valence-electron chi connectivity index (χ2n) is 5.47. The van der Waals surface area contributed by atoms with E-state index in [9.17, 15) is 4.79 Å². The highest BCUT2D eigenvalue weighted by Crippen LogP contribution is 2.20. The lowest BCUT2D eigenvalue weighted by Crippen LogP contribution is -2.60. The lowest BCUT2D eigenvalue weighted by molar-refractivity contribution is -0.124. The quantitative estimate of drug-likeness (QED) is 0.690. The van der Waals surface area contributed by atoms with Gasteiger partial charge in [-0.25, -0.2) is 0 Å². The first-order valence-electron chi connectivity index (χ1n) is 6.77. The molecular weight excluding hydrogens is 230 g/mol. The molecule has 1 rings (SSSR count). The highest BCUT2D eigenvalue weighted by Gasteiger charge is 2.36. The van der Waals surface area contributed by atoms with Crippen molar-refractivity contribution in [1.29, 1.82) is 0 Å². The van der Waals surface area contributed by atoms with E-state index in [1.165, 1.54) is 0 Å². The van der Waals surface area contributed by atoms with Crippen molar-refractivity contribution in [2.75, 3.05) is 26.7 Å². The van der Waals surface area contributed by atoms with Crippen molar-refractivity contribution >= 4 is 5.91 Å². The summed E-state index contributed by atoms with van der Waals surface area (Å²) >= 11 is 0. The van der Waals surface area contributed by atoms with E-state index >= 15 is 0 Å². The first-order chi connectivity index (χ1) is 8.40. The van der Waals surface area contributed by atoms with E-state index in [1.54, 1.807) is 0 Å². The zero-order valence-corrected chi connectivity index (χ0v) is 12.0. The lowest BCUT2D eigenvalue weighted by Gasteiger charge is -2.35. The van der Waals surface area contributed by atoms with Crippen LogP contribution >= 0.6 is 0 Å². The Morgan fingerprint density at radius 1 is 1.61 bits per heavy atom. The Morgan fingerprint density at radius 2 is 2.28 bits per heavy atom. The summed E-state index contributed by atoms with van der Waals surface area (Å²) in [5.41, 5.74) is 4.86. The SMILES string of the molecule is CCCNC(C)(CN(C)C1CCOC1C)C(N)=O. The maximum absolute atomic E-state index is 11.7. The smallest absolute Gasteiger partial charge is 0.238 e. The number of hydrogen-bond donors (Lipinski definition) is 2. The van der Waals surface area contributed by atoms with E-state index < -0.39 is 5.54 Å². The van der Waals surface area contributed by atoms with E-state index in [-0.39, 0.29) is 12.0 Å². The maximum Gasteiger partial charge on any atom is 0.238 e. The highest BCUT2D eigenvalue weighted by atomic mass is 16.5. The largest absolute Gasteiger partial charge is 0.377 e. The molecular formula is C13H27N3O2. The van der Waals surface area contributed by atoms with Crippen LogP contribution in [-0.2, 0) is 9.53 Å². The molecule has 3 atom stereocenters. The van der Waals surface area contributed by atoms with Crippen LogP contribution in [0, 0.1) is 0 Å². The minimum absolute atomic E-state index is 0.221. The van der Waals surface area contributed by atoms with Gasteiger partial charge in [-0.1, -0.05) is 6.92 Å². The molecule has 0 spiro atoms. The molecule has 18 heavy (non-hydrogen) atoms. The average Bonchev–Trinajstić information content (AvgIpc) is 2.72. The number of nitrogens with one attached hydrogen (secondary N) is 1. The van der Waals surface area contributed by atoms with Crippen molar-refractivity contribution in [3.63, 3.8) is 0 Å². The van der Waals surface area contributed by atoms with Crippen molar-refractivity contribution in [2.24, 2.45) is 5.73 Å². The Bertz CT molecular complexity index is 285. The van der Waals surface area contributed by atoms with E-state index in [4.69, 9.17) is 10.5 Å². The molecule has 3 unspecified atom stereocenters. The summed E-state index contributed by atoms with van der Waals surface area (Å²) in [5.74, 6) is -0.297. The minimum atomic E-state index is -0.674. The Labute approximate surface area is 110 Å². The monoisotopic (exact) mass is 257 g/mol. The molecule has 106 valence electrons. The number of ether oxygens (including phenoxy) is 1. The molecule has 1 aliphatic heterocycles. The minimum Gasteiger partial charge on any atom is -0.377 e. The van der Waals surface area contributed by atoms with Crippen LogP contribution in [0.3, 0.4) is 0 Å². The molecule has 0 aliphatic carbocycles. The fourth-order valence-corrected chi connectivity index (χ4v) is 2.54. The third-order valence-electron chi connectivity index (χ3n) is 3.78. The number of hydrogen-bond acceptors (Lipinski definition) is 4. The number of amides is 1. The Hall–Kier alpha value is -0.650. The van der Waals surface area contributed by atoms with Gasteiger partial charge in [-0.05, 0) is 40.3 Å². The van der Waals surface area contributed by atoms with Gasteiger partial charge in [0.25, 0.3) is 0 Å². The zero-order chi connectivity index (χ0) is 13.8. The summed E-state index contributed by atoms with van der Waals surface area (Å²) in [4.78, 5) is 13.8. The molecule has 5 nitrogen and oxygen atoms in total. The van der Waals surface area contributed by atoms with E-state index in [2.05, 4.69) is 24.1 Å². The third kappa shape index (κ3) is 3.67. The van der Waals surface area contributed by atoms with Crippen LogP contribution < -0.4 is 11.1 Å². The molecule has 1 amide bonds. The van der Waals surface area contributed by atoms with Crippen LogP contribution in [-0.4, -0.2) is 55.2 Å². The summed E-state index contributed by atoms with van der Waals surface area (Å²) in [6.07, 6.45) is 2.22. The Kier molecular flexibility index (Phi) is 5.56. The van der Waals surface area contributed by atoms with Crippen molar-refractivity contribution in [2.45, 2.75) is 51.3 Å². The first kappa shape index (κ1) is 15.4. The van der Waals surface area contributed by atoms with Crippen LogP contribution in [0.1, 0.15) is 33.6 Å². The first-order valence-corrected chi connectivity index (χ1v) is 6.77. The number of primary amides is 1. The van der Waals surface area contributed by atoms with Gasteiger partial charge in [0.2, 0.25) is 5.91 Å². The topological polar surface area (TPSA) is 67.6 Å². The second-order valence-corrected chi connectivity index (χ2v) is 5.47. The molecule has 3 N–H and O–H groups in total. The average molecular weight is 257 g/mol. The normalized spacial score (nSPS) is 27.4. The van der Waals surface area contributed by atoms with Gasteiger partial charge in [0, 0.05) is 19.2 Å². The summed E-state index contributed by atoms with van der Waals surface area (Å²) in [7, 11) is 2.03. The molecule has 1 aliphatic rings. The van der Waals surface area contributed by atoms with Gasteiger partial charge in [-0.15, -0.1) is 0 Å². The molecule has 0 aromatic carbocycles. The van der Waals surface area contributed by atoms with Gasteiger partial charge >= 0.3 is 0 Å². The number of carbonyl (C=O) groups excluding carboxylic acids is 1. The van der Waals surface area contributed by atoms with Crippen molar-refractivity contribution < 1.29 is 9.53 Å². The van der Waals surface area contributed by atoms with Crippen molar-refractivity contribution in [3.05, 3.63) is 0 Å². The van der Waals surface area contributed by atoms with Crippen molar-refractivity contribution in [1.82, 2.24) is 10.2 Å². The lowest BCUT2D eigenvalue weighted by atomic mass is 9.98. The van der Waals surface area contributed by atoms with Gasteiger partial charge in [-0.3, -0.25) is 9.69 Å².